The normalized spacial score (nSPS) is 23.2. The van der Waals surface area contributed by atoms with E-state index in [4.69, 9.17) is 4.74 Å². The predicted octanol–water partition coefficient (Wildman–Crippen LogP) is 4.73. The minimum absolute atomic E-state index is 0.0556. The molecule has 4 aromatic rings. The predicted molar refractivity (Wildman–Crippen MR) is 242 cm³/mol. The molecule has 2 N–H and O–H groups in total. The lowest BCUT2D eigenvalue weighted by atomic mass is 9.67. The number of piperidine rings is 4. The second-order valence-electron chi connectivity index (χ2n) is 19.1. The largest absolute Gasteiger partial charge is 0.507 e. The van der Waals surface area contributed by atoms with Crippen LogP contribution in [0.2, 0.25) is 0 Å². The number of hydrogen-bond donors (Lipinski definition) is 2. The van der Waals surface area contributed by atoms with E-state index in [9.17, 15) is 24.3 Å². The number of para-hydroxylation sites is 1. The number of carbonyl (C=O) groups excluding carboxylic acids is 4. The number of amides is 4. The number of benzene rings is 3. The summed E-state index contributed by atoms with van der Waals surface area (Å²) in [6, 6.07) is 27.6. The number of anilines is 2. The molecule has 14 heteroatoms. The average molecular weight is 867 g/mol. The monoisotopic (exact) mass is 866 g/mol. The Labute approximate surface area is 374 Å². The first-order valence-electron chi connectivity index (χ1n) is 23.1. The van der Waals surface area contributed by atoms with Gasteiger partial charge in [-0.3, -0.25) is 29.4 Å². The SMILES string of the molecule is O=C1CC[C@H](c2ccc(N3CCOC4(CCN(CC(=O)N5CCC6(CC5)CN(C(=O)C5(c7ccccc7)CCN(c7cnnc(-c8ccccc8O)c7)CC5)C6)CC4)C3)cc2)C(=O)N1. The molecule has 2 spiro atoms. The fraction of sp³-hybridized carbons (Fsp3) is 0.480. The van der Waals surface area contributed by atoms with E-state index in [1.54, 1.807) is 18.3 Å². The Morgan fingerprint density at radius 3 is 2.19 bits per heavy atom. The van der Waals surface area contributed by atoms with Crippen molar-refractivity contribution in [3.8, 4) is 17.0 Å². The summed E-state index contributed by atoms with van der Waals surface area (Å²) in [5.41, 5.74) is 4.48. The maximum atomic E-state index is 14.7. The summed E-state index contributed by atoms with van der Waals surface area (Å²) in [6.07, 6.45) is 7.57. The van der Waals surface area contributed by atoms with Gasteiger partial charge in [-0.1, -0.05) is 54.6 Å². The standard InChI is InChI=1S/C50H58N8O6/c59-43-9-5-4-8-41(43)42-30-39(31-51-53-42)55-26-20-50(21-27-55,37-6-2-1-3-7-37)47(63)58-33-48(34-58)16-24-56(25-17-48)45(61)32-54-22-18-49(19-23-54)35-57(28-29-64-49)38-12-10-36(11-13-38)40-14-15-44(60)52-46(40)62/h1-13,30-31,40,59H,14-29,32-35H2,(H,52,60,62)/t40-/m1/s1. The maximum Gasteiger partial charge on any atom is 0.236 e. The van der Waals surface area contributed by atoms with E-state index < -0.39 is 5.41 Å². The number of nitrogens with one attached hydrogen (secondary N) is 1. The number of rotatable bonds is 8. The Hall–Kier alpha value is -5.86. The van der Waals surface area contributed by atoms with Gasteiger partial charge in [0.15, 0.2) is 0 Å². The number of aromatic nitrogens is 2. The van der Waals surface area contributed by atoms with Crippen molar-refractivity contribution in [3.05, 3.63) is 102 Å². The third kappa shape index (κ3) is 8.22. The molecular weight excluding hydrogens is 809 g/mol. The highest BCUT2D eigenvalue weighted by molar-refractivity contribution is 6.01. The molecular formula is C50H58N8O6. The Kier molecular flexibility index (Phi) is 11.4. The summed E-state index contributed by atoms with van der Waals surface area (Å²) in [5, 5.41) is 21.5. The number of phenolic OH excluding ortho intramolecular Hbond substituents is 1. The van der Waals surface area contributed by atoms with Crippen LogP contribution in [0.15, 0.2) is 91.1 Å². The second-order valence-corrected chi connectivity index (χ2v) is 19.1. The van der Waals surface area contributed by atoms with E-state index in [1.165, 1.54) is 0 Å². The molecule has 6 fully saturated rings. The van der Waals surface area contributed by atoms with Crippen molar-refractivity contribution < 1.29 is 29.0 Å². The van der Waals surface area contributed by atoms with Crippen LogP contribution in [0.25, 0.3) is 11.3 Å². The third-order valence-electron chi connectivity index (χ3n) is 15.3. The number of nitrogens with zero attached hydrogens (tertiary/aromatic N) is 7. The first-order chi connectivity index (χ1) is 31.1. The summed E-state index contributed by atoms with van der Waals surface area (Å²) in [6.45, 7) is 8.56. The van der Waals surface area contributed by atoms with Crippen LogP contribution < -0.4 is 15.1 Å². The molecule has 0 unspecified atom stereocenters. The van der Waals surface area contributed by atoms with Crippen molar-refractivity contribution in [2.75, 3.05) is 88.4 Å². The number of phenols is 1. The lowest BCUT2D eigenvalue weighted by molar-refractivity contribution is -0.157. The van der Waals surface area contributed by atoms with Gasteiger partial charge in [-0.25, -0.2) is 0 Å². The van der Waals surface area contributed by atoms with Crippen molar-refractivity contribution in [1.29, 1.82) is 0 Å². The number of aromatic hydroxyl groups is 1. The number of carbonyl (C=O) groups is 4. The van der Waals surface area contributed by atoms with Crippen LogP contribution in [0, 0.1) is 5.41 Å². The van der Waals surface area contributed by atoms with Gasteiger partial charge in [0.1, 0.15) is 5.75 Å². The maximum absolute atomic E-state index is 14.7. The van der Waals surface area contributed by atoms with Crippen LogP contribution in [0.3, 0.4) is 0 Å². The van der Waals surface area contributed by atoms with Gasteiger partial charge in [0, 0.05) is 88.5 Å². The van der Waals surface area contributed by atoms with E-state index >= 15 is 0 Å². The molecule has 4 amide bonds. The fourth-order valence-corrected chi connectivity index (χ4v) is 11.3. The quantitative estimate of drug-likeness (QED) is 0.237. The second kappa shape index (κ2) is 17.3. The van der Waals surface area contributed by atoms with Crippen molar-refractivity contribution in [2.24, 2.45) is 5.41 Å². The van der Waals surface area contributed by atoms with Gasteiger partial charge >= 0.3 is 0 Å². The fourth-order valence-electron chi connectivity index (χ4n) is 11.3. The minimum atomic E-state index is -0.615. The van der Waals surface area contributed by atoms with Gasteiger partial charge < -0.3 is 29.4 Å². The van der Waals surface area contributed by atoms with Gasteiger partial charge in [0.2, 0.25) is 23.6 Å². The minimum Gasteiger partial charge on any atom is -0.507 e. The number of ether oxygens (including phenoxy) is 1. The molecule has 7 heterocycles. The Morgan fingerprint density at radius 2 is 1.47 bits per heavy atom. The average Bonchev–Trinajstić information content (AvgIpc) is 3.32. The topological polar surface area (TPSA) is 152 Å². The highest BCUT2D eigenvalue weighted by atomic mass is 16.5. The van der Waals surface area contributed by atoms with Crippen LogP contribution in [0.1, 0.15) is 68.4 Å². The zero-order valence-corrected chi connectivity index (χ0v) is 36.5. The molecule has 334 valence electrons. The van der Waals surface area contributed by atoms with Crippen molar-refractivity contribution in [2.45, 2.75) is 68.3 Å². The molecule has 0 bridgehead atoms. The number of morpholine rings is 1. The Balaban J connectivity index is 0.700. The number of hydrogen-bond acceptors (Lipinski definition) is 11. The first-order valence-corrected chi connectivity index (χ1v) is 23.1. The molecule has 0 radical (unpaired) electrons. The number of likely N-dealkylation sites (tertiary alicyclic amines) is 3. The van der Waals surface area contributed by atoms with E-state index in [1.807, 2.05) is 53.4 Å². The van der Waals surface area contributed by atoms with Crippen molar-refractivity contribution in [3.63, 3.8) is 0 Å². The molecule has 0 aliphatic carbocycles. The summed E-state index contributed by atoms with van der Waals surface area (Å²) in [4.78, 5) is 63.5. The highest BCUT2D eigenvalue weighted by Gasteiger charge is 2.53. The van der Waals surface area contributed by atoms with Crippen molar-refractivity contribution in [1.82, 2.24) is 30.2 Å². The smallest absolute Gasteiger partial charge is 0.236 e. The van der Waals surface area contributed by atoms with Crippen molar-refractivity contribution >= 4 is 35.0 Å². The summed E-state index contributed by atoms with van der Waals surface area (Å²) < 4.78 is 6.46. The summed E-state index contributed by atoms with van der Waals surface area (Å²) in [5.74, 6) is -0.147. The van der Waals surface area contributed by atoms with E-state index in [0.29, 0.717) is 63.2 Å². The van der Waals surface area contributed by atoms with Crippen LogP contribution in [-0.2, 0) is 29.3 Å². The van der Waals surface area contributed by atoms with E-state index in [2.05, 4.69) is 59.4 Å². The molecule has 1 atom stereocenters. The van der Waals surface area contributed by atoms with Gasteiger partial charge in [-0.15, -0.1) is 0 Å². The third-order valence-corrected chi connectivity index (χ3v) is 15.3. The molecule has 64 heavy (non-hydrogen) atoms. The first kappa shape index (κ1) is 42.1. The zero-order valence-electron chi connectivity index (χ0n) is 36.5. The van der Waals surface area contributed by atoms with Crippen LogP contribution in [0.5, 0.6) is 5.75 Å². The molecule has 10 rings (SSSR count). The molecule has 1 aromatic heterocycles. The molecule has 14 nitrogen and oxygen atoms in total. The Morgan fingerprint density at radius 1 is 0.750 bits per heavy atom. The lowest BCUT2D eigenvalue weighted by Crippen LogP contribution is -2.66. The summed E-state index contributed by atoms with van der Waals surface area (Å²) >= 11 is 0. The zero-order chi connectivity index (χ0) is 43.9. The molecule has 6 saturated heterocycles. The van der Waals surface area contributed by atoms with Gasteiger partial charge in [-0.05, 0) is 86.4 Å². The van der Waals surface area contributed by atoms with Crippen LogP contribution >= 0.6 is 0 Å². The lowest BCUT2D eigenvalue weighted by Gasteiger charge is -2.56. The molecule has 3 aromatic carbocycles. The Bertz CT molecular complexity index is 2360. The van der Waals surface area contributed by atoms with Gasteiger partial charge in [-0.2, -0.15) is 10.2 Å². The van der Waals surface area contributed by atoms with Gasteiger partial charge in [0.05, 0.1) is 47.7 Å². The van der Waals surface area contributed by atoms with Crippen LogP contribution in [0.4, 0.5) is 11.4 Å². The number of imide groups is 1. The summed E-state index contributed by atoms with van der Waals surface area (Å²) in [7, 11) is 0. The molecule has 6 aliphatic heterocycles. The molecule has 6 aliphatic rings. The van der Waals surface area contributed by atoms with E-state index in [0.717, 1.165) is 101 Å². The van der Waals surface area contributed by atoms with E-state index in [-0.39, 0.29) is 46.3 Å². The van der Waals surface area contributed by atoms with Gasteiger partial charge in [0.25, 0.3) is 0 Å². The molecule has 0 saturated carbocycles. The highest BCUT2D eigenvalue weighted by Crippen LogP contribution is 2.46. The van der Waals surface area contributed by atoms with Crippen LogP contribution in [-0.4, -0.2) is 138 Å².